The van der Waals surface area contributed by atoms with Crippen LogP contribution in [0, 0.1) is 0 Å². The Balaban J connectivity index is 2.86. The van der Waals surface area contributed by atoms with Gasteiger partial charge in [-0.2, -0.15) is 13.2 Å². The molecule has 0 N–H and O–H groups in total. The van der Waals surface area contributed by atoms with E-state index in [1.54, 1.807) is 6.92 Å². The largest absolute Gasteiger partial charge is 0.418 e. The van der Waals surface area contributed by atoms with Gasteiger partial charge in [-0.05, 0) is 51.8 Å². The Bertz CT molecular complexity index is 631. The first-order valence-electron chi connectivity index (χ1n) is 8.45. The average molecular weight is 367 g/mol. The van der Waals surface area contributed by atoms with Crippen LogP contribution >= 0.6 is 0 Å². The highest BCUT2D eigenvalue weighted by molar-refractivity contribution is 5.43. The molecule has 1 aliphatic heterocycles. The second-order valence-corrected chi connectivity index (χ2v) is 6.56. The fourth-order valence-electron chi connectivity index (χ4n) is 2.81. The number of hydrogen-bond acceptors (Lipinski definition) is 3. The van der Waals surface area contributed by atoms with Crippen LogP contribution in [-0.4, -0.2) is 55.9 Å². The molecule has 0 aromatic heterocycles. The van der Waals surface area contributed by atoms with Gasteiger partial charge in [0.1, 0.15) is 0 Å². The van der Waals surface area contributed by atoms with Crippen molar-refractivity contribution in [2.24, 2.45) is 4.99 Å². The molecule has 144 valence electrons. The van der Waals surface area contributed by atoms with Crippen LogP contribution in [0.15, 0.2) is 64.5 Å². The van der Waals surface area contributed by atoms with Crippen LogP contribution in [0.2, 0.25) is 0 Å². The highest BCUT2D eigenvalue weighted by Gasteiger charge is 2.33. The highest BCUT2D eigenvalue weighted by Crippen LogP contribution is 2.30. The van der Waals surface area contributed by atoms with Gasteiger partial charge >= 0.3 is 6.18 Å². The summed E-state index contributed by atoms with van der Waals surface area (Å²) in [5.41, 5.74) is 1.57. The molecule has 0 aromatic rings. The molecule has 0 aromatic carbocycles. The zero-order valence-corrected chi connectivity index (χ0v) is 15.9. The molecule has 1 aliphatic rings. The molecule has 1 fully saturated rings. The van der Waals surface area contributed by atoms with Gasteiger partial charge in [0.05, 0.1) is 11.3 Å². The maximum Gasteiger partial charge on any atom is 0.418 e. The molecule has 3 nitrogen and oxygen atoms in total. The molecule has 0 saturated carbocycles. The van der Waals surface area contributed by atoms with Gasteiger partial charge in [0.15, 0.2) is 0 Å². The van der Waals surface area contributed by atoms with Gasteiger partial charge in [-0.3, -0.25) is 4.99 Å². The topological polar surface area (TPSA) is 18.8 Å². The molecule has 0 atom stereocenters. The number of hydrogen-bond donors (Lipinski definition) is 0. The number of aliphatic imine (C=N–C) groups is 1. The summed E-state index contributed by atoms with van der Waals surface area (Å²) >= 11 is 0. The van der Waals surface area contributed by atoms with E-state index in [-0.39, 0.29) is 5.70 Å². The summed E-state index contributed by atoms with van der Waals surface area (Å²) in [7, 11) is 2.10. The zero-order valence-electron chi connectivity index (χ0n) is 15.9. The van der Waals surface area contributed by atoms with Crippen molar-refractivity contribution in [3.05, 3.63) is 59.5 Å². The molecule has 1 rings (SSSR count). The Morgan fingerprint density at radius 1 is 1.12 bits per heavy atom. The molecule has 1 heterocycles. The van der Waals surface area contributed by atoms with Crippen LogP contribution in [-0.2, 0) is 0 Å². The van der Waals surface area contributed by atoms with Gasteiger partial charge in [-0.15, -0.1) is 0 Å². The van der Waals surface area contributed by atoms with Crippen molar-refractivity contribution in [1.29, 1.82) is 0 Å². The zero-order chi connectivity index (χ0) is 19.9. The Morgan fingerprint density at radius 2 is 1.69 bits per heavy atom. The standard InChI is InChI=1S/C20H28F3N3/c1-7-18(20(21,22)23)19(24-5)14-16(3)12-15(2)13-17(4)26-10-8-25(6)9-11-26/h7,13-14H,1-2,5,8-12H2,3-4,6H3/b16-14-,17-13+,19-18+. The van der Waals surface area contributed by atoms with Gasteiger partial charge < -0.3 is 9.80 Å². The van der Waals surface area contributed by atoms with E-state index < -0.39 is 11.7 Å². The highest BCUT2D eigenvalue weighted by atomic mass is 19.4. The summed E-state index contributed by atoms with van der Waals surface area (Å²) in [6.07, 6.45) is 0.101. The Hall–Kier alpha value is -2.08. The van der Waals surface area contributed by atoms with Gasteiger partial charge in [0.2, 0.25) is 0 Å². The van der Waals surface area contributed by atoms with Crippen molar-refractivity contribution in [3.63, 3.8) is 0 Å². The maximum atomic E-state index is 13.0. The Kier molecular flexibility index (Phi) is 8.08. The lowest BCUT2D eigenvalue weighted by Gasteiger charge is -2.34. The van der Waals surface area contributed by atoms with Crippen LogP contribution in [0.25, 0.3) is 0 Å². The van der Waals surface area contributed by atoms with Gasteiger partial charge in [-0.25, -0.2) is 0 Å². The van der Waals surface area contributed by atoms with E-state index >= 15 is 0 Å². The van der Waals surface area contributed by atoms with Crippen molar-refractivity contribution in [2.75, 3.05) is 33.2 Å². The summed E-state index contributed by atoms with van der Waals surface area (Å²) < 4.78 is 39.0. The number of piperazine rings is 1. The summed E-state index contributed by atoms with van der Waals surface area (Å²) in [4.78, 5) is 8.09. The van der Waals surface area contributed by atoms with Crippen LogP contribution in [0.5, 0.6) is 0 Å². The second-order valence-electron chi connectivity index (χ2n) is 6.56. The van der Waals surface area contributed by atoms with E-state index in [2.05, 4.69) is 41.7 Å². The molecule has 6 heteroatoms. The van der Waals surface area contributed by atoms with Crippen molar-refractivity contribution < 1.29 is 13.2 Å². The first-order chi connectivity index (χ1) is 12.1. The third-order valence-corrected chi connectivity index (χ3v) is 4.26. The van der Waals surface area contributed by atoms with Crippen molar-refractivity contribution in [1.82, 2.24) is 9.80 Å². The maximum absolute atomic E-state index is 13.0. The molecule has 0 amide bonds. The fourth-order valence-corrected chi connectivity index (χ4v) is 2.81. The monoisotopic (exact) mass is 367 g/mol. The predicted molar refractivity (Wildman–Crippen MR) is 103 cm³/mol. The minimum absolute atomic E-state index is 0.224. The molecule has 0 aliphatic carbocycles. The molecule has 0 bridgehead atoms. The van der Waals surface area contributed by atoms with E-state index in [0.717, 1.165) is 49.1 Å². The third kappa shape index (κ3) is 6.67. The van der Waals surface area contributed by atoms with Crippen molar-refractivity contribution >= 4 is 6.72 Å². The van der Waals surface area contributed by atoms with E-state index in [9.17, 15) is 13.2 Å². The van der Waals surface area contributed by atoms with E-state index in [4.69, 9.17) is 0 Å². The average Bonchev–Trinajstić information content (AvgIpc) is 2.53. The minimum Gasteiger partial charge on any atom is -0.372 e. The summed E-state index contributed by atoms with van der Waals surface area (Å²) in [5, 5.41) is 0. The number of allylic oxidation sites excluding steroid dienone is 7. The van der Waals surface area contributed by atoms with E-state index in [0.29, 0.717) is 6.42 Å². The normalized spacial score (nSPS) is 18.5. The molecule has 26 heavy (non-hydrogen) atoms. The lowest BCUT2D eigenvalue weighted by atomic mass is 10.0. The van der Waals surface area contributed by atoms with Crippen LogP contribution in [0.3, 0.4) is 0 Å². The van der Waals surface area contributed by atoms with Gasteiger partial charge in [0, 0.05) is 31.9 Å². The first kappa shape index (κ1) is 22.0. The van der Waals surface area contributed by atoms with Crippen molar-refractivity contribution in [2.45, 2.75) is 26.4 Å². The van der Waals surface area contributed by atoms with E-state index in [1.165, 1.54) is 6.08 Å². The van der Waals surface area contributed by atoms with E-state index in [1.807, 2.05) is 13.0 Å². The summed E-state index contributed by atoms with van der Waals surface area (Å²) in [6, 6.07) is 0. The van der Waals surface area contributed by atoms with Crippen molar-refractivity contribution in [3.8, 4) is 0 Å². The number of alkyl halides is 3. The Morgan fingerprint density at radius 3 is 2.15 bits per heavy atom. The van der Waals surface area contributed by atoms with Crippen LogP contribution in [0.1, 0.15) is 20.3 Å². The number of halogens is 3. The smallest absolute Gasteiger partial charge is 0.372 e. The molecule has 0 unspecified atom stereocenters. The third-order valence-electron chi connectivity index (χ3n) is 4.26. The number of nitrogens with zero attached hydrogens (tertiary/aromatic N) is 3. The Labute approximate surface area is 154 Å². The molecule has 0 radical (unpaired) electrons. The summed E-state index contributed by atoms with van der Waals surface area (Å²) in [6.45, 7) is 18.2. The lowest BCUT2D eigenvalue weighted by molar-refractivity contribution is -0.0887. The second kappa shape index (κ2) is 9.57. The summed E-state index contributed by atoms with van der Waals surface area (Å²) in [5.74, 6) is 0. The lowest BCUT2D eigenvalue weighted by Crippen LogP contribution is -2.43. The van der Waals surface area contributed by atoms with Gasteiger partial charge in [0.25, 0.3) is 0 Å². The van der Waals surface area contributed by atoms with Crippen LogP contribution in [0.4, 0.5) is 13.2 Å². The molecular weight excluding hydrogens is 339 g/mol. The number of rotatable bonds is 7. The first-order valence-corrected chi connectivity index (χ1v) is 8.45. The minimum atomic E-state index is -4.51. The van der Waals surface area contributed by atoms with Gasteiger partial charge in [-0.1, -0.05) is 24.8 Å². The molecule has 1 saturated heterocycles. The quantitative estimate of drug-likeness (QED) is 0.478. The number of likely N-dealkylation sites (N-methyl/N-ethyl adjacent to an activating group) is 1. The van der Waals surface area contributed by atoms with Crippen LogP contribution < -0.4 is 0 Å². The fraction of sp³-hybridized carbons (Fsp3) is 0.450. The molecular formula is C20H28F3N3. The predicted octanol–water partition coefficient (Wildman–Crippen LogP) is 4.73. The SMILES string of the molecule is C=C/C(=C(/C=C(/C)CC(=C)/C=C(\C)N1CCN(C)CC1)N=C)C(F)(F)F. The molecule has 0 spiro atoms.